The zero-order chi connectivity index (χ0) is 17.6. The van der Waals surface area contributed by atoms with Gasteiger partial charge < -0.3 is 20.1 Å². The third-order valence-corrected chi connectivity index (χ3v) is 4.88. The molecule has 1 aromatic rings. The van der Waals surface area contributed by atoms with Crippen molar-refractivity contribution in [3.63, 3.8) is 0 Å². The molecular formula is C20H34N2O2. The number of ether oxygens (including phenoxy) is 1. The second kappa shape index (κ2) is 8.72. The lowest BCUT2D eigenvalue weighted by Crippen LogP contribution is -2.45. The van der Waals surface area contributed by atoms with E-state index in [-0.39, 0.29) is 0 Å². The van der Waals surface area contributed by atoms with E-state index in [1.54, 1.807) is 7.11 Å². The van der Waals surface area contributed by atoms with E-state index in [4.69, 9.17) is 4.74 Å². The van der Waals surface area contributed by atoms with Crippen molar-refractivity contribution in [1.82, 2.24) is 5.32 Å². The van der Waals surface area contributed by atoms with Crippen LogP contribution in [0.1, 0.15) is 52.9 Å². The molecule has 0 radical (unpaired) electrons. The molecule has 1 aliphatic rings. The summed E-state index contributed by atoms with van der Waals surface area (Å²) >= 11 is 0. The molecule has 0 spiro atoms. The summed E-state index contributed by atoms with van der Waals surface area (Å²) in [7, 11) is 1.70. The van der Waals surface area contributed by atoms with Crippen LogP contribution < -0.4 is 15.0 Å². The van der Waals surface area contributed by atoms with Crippen LogP contribution in [-0.4, -0.2) is 43.0 Å². The van der Waals surface area contributed by atoms with Gasteiger partial charge in [-0.3, -0.25) is 0 Å². The summed E-state index contributed by atoms with van der Waals surface area (Å²) in [5, 5.41) is 13.6. The third-order valence-electron chi connectivity index (χ3n) is 4.88. The minimum Gasteiger partial charge on any atom is -0.497 e. The van der Waals surface area contributed by atoms with E-state index in [1.807, 2.05) is 26.0 Å². The van der Waals surface area contributed by atoms with Gasteiger partial charge in [0.1, 0.15) is 5.75 Å². The molecule has 1 heterocycles. The Morgan fingerprint density at radius 2 is 1.88 bits per heavy atom. The Morgan fingerprint density at radius 1 is 1.25 bits per heavy atom. The Bertz CT molecular complexity index is 473. The number of benzene rings is 1. The summed E-state index contributed by atoms with van der Waals surface area (Å²) < 4.78 is 5.23. The Kier molecular flexibility index (Phi) is 6.93. The van der Waals surface area contributed by atoms with Crippen molar-refractivity contribution < 1.29 is 9.84 Å². The number of nitrogens with one attached hydrogen (secondary N) is 1. The van der Waals surface area contributed by atoms with Gasteiger partial charge in [-0.05, 0) is 77.1 Å². The van der Waals surface area contributed by atoms with Gasteiger partial charge in [0.05, 0.1) is 12.7 Å². The Labute approximate surface area is 147 Å². The van der Waals surface area contributed by atoms with Crippen LogP contribution in [0, 0.1) is 0 Å². The molecule has 0 amide bonds. The monoisotopic (exact) mass is 334 g/mol. The molecule has 1 aliphatic heterocycles. The van der Waals surface area contributed by atoms with Crippen LogP contribution in [0.25, 0.3) is 0 Å². The first-order chi connectivity index (χ1) is 11.4. The molecular weight excluding hydrogens is 300 g/mol. The molecule has 1 unspecified atom stereocenters. The predicted octanol–water partition coefficient (Wildman–Crippen LogP) is 3.58. The lowest BCUT2D eigenvalue weighted by molar-refractivity contribution is 0.0673. The Balaban J connectivity index is 1.70. The van der Waals surface area contributed by atoms with Crippen molar-refractivity contribution in [2.75, 3.05) is 25.1 Å². The van der Waals surface area contributed by atoms with Crippen LogP contribution in [0.15, 0.2) is 24.3 Å². The van der Waals surface area contributed by atoms with Crippen LogP contribution in [0.3, 0.4) is 0 Å². The largest absolute Gasteiger partial charge is 0.497 e. The van der Waals surface area contributed by atoms with E-state index < -0.39 is 5.60 Å². The highest BCUT2D eigenvalue weighted by Crippen LogP contribution is 2.23. The fourth-order valence-electron chi connectivity index (χ4n) is 3.42. The van der Waals surface area contributed by atoms with E-state index in [1.165, 1.54) is 18.5 Å². The molecule has 0 aromatic heterocycles. The van der Waals surface area contributed by atoms with Gasteiger partial charge in [-0.25, -0.2) is 0 Å². The lowest BCUT2D eigenvalue weighted by atomic mass is 9.98. The second-order valence-corrected chi connectivity index (χ2v) is 7.73. The zero-order valence-corrected chi connectivity index (χ0v) is 15.7. The van der Waals surface area contributed by atoms with Gasteiger partial charge in [-0.2, -0.15) is 0 Å². The minimum absolute atomic E-state index is 0.518. The van der Waals surface area contributed by atoms with Crippen molar-refractivity contribution in [1.29, 1.82) is 0 Å². The van der Waals surface area contributed by atoms with E-state index in [9.17, 15) is 5.11 Å². The highest BCUT2D eigenvalue weighted by atomic mass is 16.5. The quantitative estimate of drug-likeness (QED) is 0.763. The van der Waals surface area contributed by atoms with Gasteiger partial charge in [0.15, 0.2) is 0 Å². The molecule has 1 saturated heterocycles. The van der Waals surface area contributed by atoms with Gasteiger partial charge in [0, 0.05) is 30.9 Å². The van der Waals surface area contributed by atoms with E-state index in [0.717, 1.165) is 38.1 Å². The van der Waals surface area contributed by atoms with Crippen molar-refractivity contribution >= 4 is 5.69 Å². The average molecular weight is 335 g/mol. The Hall–Kier alpha value is -1.26. The summed E-state index contributed by atoms with van der Waals surface area (Å²) in [5.41, 5.74) is 0.746. The molecule has 1 fully saturated rings. The molecule has 1 atom stereocenters. The minimum atomic E-state index is -0.538. The van der Waals surface area contributed by atoms with E-state index in [0.29, 0.717) is 12.1 Å². The maximum absolute atomic E-state index is 9.79. The molecule has 2 N–H and O–H groups in total. The molecule has 24 heavy (non-hydrogen) atoms. The van der Waals surface area contributed by atoms with Crippen molar-refractivity contribution in [3.8, 4) is 5.75 Å². The second-order valence-electron chi connectivity index (χ2n) is 7.73. The summed E-state index contributed by atoms with van der Waals surface area (Å²) in [4.78, 5) is 2.45. The van der Waals surface area contributed by atoms with E-state index in [2.05, 4.69) is 29.3 Å². The number of hydrogen-bond donors (Lipinski definition) is 2. The smallest absolute Gasteiger partial charge is 0.119 e. The topological polar surface area (TPSA) is 44.7 Å². The average Bonchev–Trinajstić information content (AvgIpc) is 2.54. The van der Waals surface area contributed by atoms with Crippen molar-refractivity contribution in [2.45, 2.75) is 70.6 Å². The first kappa shape index (κ1) is 19.1. The number of rotatable bonds is 8. The van der Waals surface area contributed by atoms with E-state index >= 15 is 0 Å². The van der Waals surface area contributed by atoms with Crippen LogP contribution in [0.5, 0.6) is 5.75 Å². The SMILES string of the molecule is COc1ccc(N2CCC(NC(C)CCCC(C)(C)O)CC2)cc1. The fourth-order valence-corrected chi connectivity index (χ4v) is 3.42. The van der Waals surface area contributed by atoms with Gasteiger partial charge in [-0.15, -0.1) is 0 Å². The van der Waals surface area contributed by atoms with Crippen LogP contribution in [0.4, 0.5) is 5.69 Å². The normalized spacial score (nSPS) is 17.8. The number of methoxy groups -OCH3 is 1. The molecule has 0 bridgehead atoms. The van der Waals surface area contributed by atoms with Crippen LogP contribution in [-0.2, 0) is 0 Å². The van der Waals surface area contributed by atoms with Gasteiger partial charge in [0.25, 0.3) is 0 Å². The molecule has 136 valence electrons. The molecule has 0 saturated carbocycles. The fraction of sp³-hybridized carbons (Fsp3) is 0.700. The maximum Gasteiger partial charge on any atom is 0.119 e. The van der Waals surface area contributed by atoms with Gasteiger partial charge >= 0.3 is 0 Å². The highest BCUT2D eigenvalue weighted by Gasteiger charge is 2.21. The molecule has 0 aliphatic carbocycles. The predicted molar refractivity (Wildman–Crippen MR) is 101 cm³/mol. The zero-order valence-electron chi connectivity index (χ0n) is 15.7. The summed E-state index contributed by atoms with van der Waals surface area (Å²) in [6.07, 6.45) is 5.43. The van der Waals surface area contributed by atoms with Gasteiger partial charge in [0.2, 0.25) is 0 Å². The summed E-state index contributed by atoms with van der Waals surface area (Å²) in [6, 6.07) is 9.48. The molecule has 2 rings (SSSR count). The Morgan fingerprint density at radius 3 is 2.42 bits per heavy atom. The number of anilines is 1. The highest BCUT2D eigenvalue weighted by molar-refractivity contribution is 5.49. The molecule has 4 nitrogen and oxygen atoms in total. The van der Waals surface area contributed by atoms with Crippen molar-refractivity contribution in [3.05, 3.63) is 24.3 Å². The third kappa shape index (κ3) is 6.33. The summed E-state index contributed by atoms with van der Waals surface area (Å²) in [6.45, 7) is 8.24. The molecule has 1 aromatic carbocycles. The number of piperidine rings is 1. The van der Waals surface area contributed by atoms with Gasteiger partial charge in [-0.1, -0.05) is 0 Å². The first-order valence-corrected chi connectivity index (χ1v) is 9.25. The van der Waals surface area contributed by atoms with Crippen LogP contribution in [0.2, 0.25) is 0 Å². The summed E-state index contributed by atoms with van der Waals surface area (Å²) in [5.74, 6) is 0.912. The molecule has 4 heteroatoms. The number of aliphatic hydroxyl groups is 1. The maximum atomic E-state index is 9.79. The van der Waals surface area contributed by atoms with Crippen LogP contribution >= 0.6 is 0 Å². The van der Waals surface area contributed by atoms with Crippen molar-refractivity contribution in [2.24, 2.45) is 0 Å². The number of hydrogen-bond acceptors (Lipinski definition) is 4. The number of nitrogens with zero attached hydrogens (tertiary/aromatic N) is 1. The first-order valence-electron chi connectivity index (χ1n) is 9.25. The lowest BCUT2D eigenvalue weighted by Gasteiger charge is -2.35. The standard InChI is InChI=1S/C20H34N2O2/c1-16(6-5-13-20(2,3)23)21-17-11-14-22(15-12-17)18-7-9-19(24-4)10-8-18/h7-10,16-17,21,23H,5-6,11-15H2,1-4H3.